The molecular weight excluding hydrogens is 268 g/mol. The molecule has 0 aliphatic heterocycles. The van der Waals surface area contributed by atoms with Gasteiger partial charge in [-0.25, -0.2) is 0 Å². The van der Waals surface area contributed by atoms with Gasteiger partial charge in [-0.1, -0.05) is 67.9 Å². The third-order valence-corrected chi connectivity index (χ3v) is 4.62. The molecule has 0 N–H and O–H groups in total. The van der Waals surface area contributed by atoms with Crippen LogP contribution in [0.25, 0.3) is 0 Å². The van der Waals surface area contributed by atoms with Crippen molar-refractivity contribution in [3.8, 4) is 11.5 Å². The van der Waals surface area contributed by atoms with E-state index in [0.717, 1.165) is 0 Å². The molecule has 0 amide bonds. The van der Waals surface area contributed by atoms with Gasteiger partial charge in [0.25, 0.3) is 0 Å². The molecule has 0 aromatic heterocycles. The highest BCUT2D eigenvalue weighted by Gasteiger charge is 2.14. The zero-order valence-corrected chi connectivity index (χ0v) is 15.6. The van der Waals surface area contributed by atoms with Crippen LogP contribution in [-0.2, 0) is 0 Å². The summed E-state index contributed by atoms with van der Waals surface area (Å²) in [6, 6.07) is 0. The van der Waals surface area contributed by atoms with Gasteiger partial charge in [-0.05, 0) is 50.7 Å². The fourth-order valence-corrected chi connectivity index (χ4v) is 3.00. The lowest BCUT2D eigenvalue weighted by Crippen LogP contribution is -2.16. The van der Waals surface area contributed by atoms with Crippen LogP contribution in [-0.4, -0.2) is 8.07 Å². The Balaban J connectivity index is 2.65. The fraction of sp³-hybridized carbons (Fsp3) is 0.500. The summed E-state index contributed by atoms with van der Waals surface area (Å²) in [7, 11) is -1.24. The summed E-state index contributed by atoms with van der Waals surface area (Å²) >= 11 is 0. The second kappa shape index (κ2) is 8.25. The van der Waals surface area contributed by atoms with Crippen LogP contribution < -0.4 is 0 Å². The van der Waals surface area contributed by atoms with Crippen LogP contribution in [0.15, 0.2) is 47.1 Å². The topological polar surface area (TPSA) is 0 Å². The molecule has 1 atom stereocenters. The highest BCUT2D eigenvalue weighted by Crippen LogP contribution is 2.30. The molecule has 1 aliphatic carbocycles. The molecule has 1 heteroatoms. The molecule has 0 nitrogen and oxygen atoms in total. The molecule has 1 aliphatic rings. The summed E-state index contributed by atoms with van der Waals surface area (Å²) in [5, 5.41) is 0. The van der Waals surface area contributed by atoms with Gasteiger partial charge < -0.3 is 0 Å². The molecule has 21 heavy (non-hydrogen) atoms. The van der Waals surface area contributed by atoms with Crippen molar-refractivity contribution >= 4 is 8.07 Å². The van der Waals surface area contributed by atoms with E-state index in [2.05, 4.69) is 76.2 Å². The van der Waals surface area contributed by atoms with Crippen LogP contribution >= 0.6 is 0 Å². The van der Waals surface area contributed by atoms with Crippen molar-refractivity contribution in [1.82, 2.24) is 0 Å². The summed E-state index contributed by atoms with van der Waals surface area (Å²) in [4.78, 5) is 0. The van der Waals surface area contributed by atoms with E-state index in [-0.39, 0.29) is 0 Å². The number of hydrogen-bond donors (Lipinski definition) is 0. The molecule has 0 fully saturated rings. The Morgan fingerprint density at radius 2 is 2.00 bits per heavy atom. The van der Waals surface area contributed by atoms with Gasteiger partial charge in [0.15, 0.2) is 0 Å². The van der Waals surface area contributed by atoms with Gasteiger partial charge in [-0.3, -0.25) is 0 Å². The molecule has 0 saturated heterocycles. The second-order valence-corrected chi connectivity index (χ2v) is 11.9. The number of rotatable bonds is 3. The van der Waals surface area contributed by atoms with Crippen LogP contribution in [0.2, 0.25) is 19.6 Å². The minimum Gasteiger partial charge on any atom is -0.127 e. The quantitative estimate of drug-likeness (QED) is 0.337. The van der Waals surface area contributed by atoms with Crippen molar-refractivity contribution in [2.24, 2.45) is 5.92 Å². The molecule has 0 spiro atoms. The first-order valence-electron chi connectivity index (χ1n) is 8.03. The van der Waals surface area contributed by atoms with Crippen molar-refractivity contribution in [3.05, 3.63) is 47.1 Å². The molecule has 0 aromatic carbocycles. The summed E-state index contributed by atoms with van der Waals surface area (Å²) in [6.45, 7) is 13.6. The van der Waals surface area contributed by atoms with E-state index in [1.165, 1.54) is 30.4 Å². The van der Waals surface area contributed by atoms with Crippen molar-refractivity contribution in [2.45, 2.75) is 59.7 Å². The zero-order valence-electron chi connectivity index (χ0n) is 14.6. The molecule has 0 heterocycles. The van der Waals surface area contributed by atoms with Crippen molar-refractivity contribution in [3.63, 3.8) is 0 Å². The number of hydrogen-bond acceptors (Lipinski definition) is 0. The van der Waals surface area contributed by atoms with Crippen LogP contribution in [0, 0.1) is 17.4 Å². The maximum Gasteiger partial charge on any atom is 0.129 e. The molecule has 0 aromatic rings. The van der Waals surface area contributed by atoms with Crippen molar-refractivity contribution < 1.29 is 0 Å². The molecule has 0 bridgehead atoms. The average Bonchev–Trinajstić information content (AvgIpc) is 2.36. The molecule has 0 saturated carbocycles. The fourth-order valence-electron chi connectivity index (χ4n) is 2.48. The van der Waals surface area contributed by atoms with Gasteiger partial charge in [-0.2, -0.15) is 0 Å². The minimum absolute atomic E-state index is 0.709. The summed E-state index contributed by atoms with van der Waals surface area (Å²) in [5.74, 6) is 3.86. The van der Waals surface area contributed by atoms with E-state index in [4.69, 9.17) is 0 Å². The normalized spacial score (nSPS) is 21.0. The molecule has 1 rings (SSSR count). The Morgan fingerprint density at radius 1 is 1.29 bits per heavy atom. The Bertz CT molecular complexity index is 524. The predicted molar refractivity (Wildman–Crippen MR) is 98.9 cm³/mol. The van der Waals surface area contributed by atoms with Crippen molar-refractivity contribution in [1.29, 1.82) is 0 Å². The largest absolute Gasteiger partial charge is 0.129 e. The van der Waals surface area contributed by atoms with Gasteiger partial charge in [0.1, 0.15) is 8.07 Å². The van der Waals surface area contributed by atoms with Gasteiger partial charge >= 0.3 is 0 Å². The minimum atomic E-state index is -1.24. The SMILES string of the molecule is CC1=C(/C=C/C(C)=C\C=C\C#C[Si](C)(C)C)C(C)CCC1. The third kappa shape index (κ3) is 7.34. The predicted octanol–water partition coefficient (Wildman–Crippen LogP) is 6.06. The Kier molecular flexibility index (Phi) is 6.98. The molecule has 0 radical (unpaired) electrons. The van der Waals surface area contributed by atoms with Gasteiger partial charge in [0, 0.05) is 0 Å². The second-order valence-electron chi connectivity index (χ2n) is 7.15. The Morgan fingerprint density at radius 3 is 2.62 bits per heavy atom. The lowest BCUT2D eigenvalue weighted by Gasteiger charge is -2.22. The van der Waals surface area contributed by atoms with Crippen LogP contribution in [0.4, 0.5) is 0 Å². The first-order chi connectivity index (χ1) is 9.79. The summed E-state index contributed by atoms with van der Waals surface area (Å²) in [5.41, 5.74) is 7.72. The van der Waals surface area contributed by atoms with Crippen molar-refractivity contribution in [2.75, 3.05) is 0 Å². The van der Waals surface area contributed by atoms with Crippen LogP contribution in [0.1, 0.15) is 40.0 Å². The Labute approximate surface area is 132 Å². The van der Waals surface area contributed by atoms with E-state index in [0.29, 0.717) is 5.92 Å². The van der Waals surface area contributed by atoms with E-state index < -0.39 is 8.07 Å². The highest BCUT2D eigenvalue weighted by molar-refractivity contribution is 6.83. The first-order valence-corrected chi connectivity index (χ1v) is 11.5. The van der Waals surface area contributed by atoms with E-state index in [9.17, 15) is 0 Å². The standard InChI is InChI=1S/C20H30Si/c1-17(11-8-7-9-16-21(4,5)6)14-15-20-18(2)12-10-13-19(20)3/h7-8,11,14-15,18H,10,12-13H2,1-6H3/b8-7+,15-14+,17-11-. The van der Waals surface area contributed by atoms with Crippen LogP contribution in [0.3, 0.4) is 0 Å². The van der Waals surface area contributed by atoms with Gasteiger partial charge in [-0.15, -0.1) is 5.54 Å². The lowest BCUT2D eigenvalue weighted by molar-refractivity contribution is 0.546. The van der Waals surface area contributed by atoms with Crippen LogP contribution in [0.5, 0.6) is 0 Å². The highest BCUT2D eigenvalue weighted by atomic mass is 28.3. The lowest BCUT2D eigenvalue weighted by atomic mass is 9.84. The van der Waals surface area contributed by atoms with E-state index in [1.807, 2.05) is 6.08 Å². The molecule has 114 valence electrons. The van der Waals surface area contributed by atoms with E-state index in [1.54, 1.807) is 5.57 Å². The molecular formula is C20H30Si. The maximum absolute atomic E-state index is 3.34. The monoisotopic (exact) mass is 298 g/mol. The summed E-state index contributed by atoms with van der Waals surface area (Å²) < 4.78 is 0. The summed E-state index contributed by atoms with van der Waals surface area (Å²) in [6.07, 6.45) is 14.6. The maximum atomic E-state index is 3.34. The smallest absolute Gasteiger partial charge is 0.127 e. The molecule has 1 unspecified atom stereocenters. The Hall–Kier alpha value is -1.26. The third-order valence-electron chi connectivity index (χ3n) is 3.72. The zero-order chi connectivity index (χ0) is 15.9. The average molecular weight is 299 g/mol. The number of allylic oxidation sites excluding steroid dienone is 8. The van der Waals surface area contributed by atoms with E-state index >= 15 is 0 Å². The van der Waals surface area contributed by atoms with Gasteiger partial charge in [0.05, 0.1) is 0 Å². The first kappa shape index (κ1) is 17.8. The van der Waals surface area contributed by atoms with Gasteiger partial charge in [0.2, 0.25) is 0 Å².